The summed E-state index contributed by atoms with van der Waals surface area (Å²) in [5.74, 6) is -1.62. The molecule has 0 aliphatic carbocycles. The van der Waals surface area contributed by atoms with E-state index in [1.807, 2.05) is 0 Å². The first-order chi connectivity index (χ1) is 14.6. The molecular formula is C21H21FN4O4S. The molecule has 5 amide bonds. The molecule has 1 heterocycles. The number of amides is 5. The molecule has 1 unspecified atom stereocenters. The quantitative estimate of drug-likeness (QED) is 0.546. The van der Waals surface area contributed by atoms with Crippen molar-refractivity contribution in [1.82, 2.24) is 15.1 Å². The van der Waals surface area contributed by atoms with Crippen LogP contribution in [0.3, 0.4) is 0 Å². The minimum Gasteiger partial charge on any atom is -0.339 e. The molecule has 1 atom stereocenters. The Bertz CT molecular complexity index is 1030. The van der Waals surface area contributed by atoms with Crippen LogP contribution in [0.5, 0.6) is 0 Å². The maximum Gasteiger partial charge on any atom is 0.325 e. The van der Waals surface area contributed by atoms with Crippen LogP contribution in [-0.4, -0.2) is 53.5 Å². The van der Waals surface area contributed by atoms with E-state index in [9.17, 15) is 23.6 Å². The van der Waals surface area contributed by atoms with Crippen LogP contribution in [0.1, 0.15) is 12.5 Å². The third kappa shape index (κ3) is 4.85. The molecule has 0 saturated carbocycles. The summed E-state index contributed by atoms with van der Waals surface area (Å²) in [6.07, 6.45) is 0. The van der Waals surface area contributed by atoms with E-state index in [1.54, 1.807) is 38.4 Å². The number of thioether (sulfide) groups is 1. The average Bonchev–Trinajstić information content (AvgIpc) is 2.93. The predicted molar refractivity (Wildman–Crippen MR) is 114 cm³/mol. The van der Waals surface area contributed by atoms with Crippen LogP contribution >= 0.6 is 11.8 Å². The summed E-state index contributed by atoms with van der Waals surface area (Å²) < 4.78 is 13.2. The molecule has 10 heteroatoms. The molecule has 2 aromatic rings. The molecule has 3 rings (SSSR count). The maximum absolute atomic E-state index is 13.2. The molecule has 0 radical (unpaired) electrons. The first kappa shape index (κ1) is 22.3. The van der Waals surface area contributed by atoms with Gasteiger partial charge < -0.3 is 15.5 Å². The van der Waals surface area contributed by atoms with Gasteiger partial charge in [0.2, 0.25) is 5.91 Å². The fourth-order valence-corrected chi connectivity index (χ4v) is 3.62. The summed E-state index contributed by atoms with van der Waals surface area (Å²) in [5, 5.41) is 5.06. The molecular weight excluding hydrogens is 423 g/mol. The summed E-state index contributed by atoms with van der Waals surface area (Å²) in [4.78, 5) is 52.3. The van der Waals surface area contributed by atoms with Gasteiger partial charge in [-0.05, 0) is 60.6 Å². The van der Waals surface area contributed by atoms with E-state index >= 15 is 0 Å². The number of carbonyl (C=O) groups is 4. The van der Waals surface area contributed by atoms with Gasteiger partial charge in [-0.15, -0.1) is 0 Å². The second-order valence-corrected chi connectivity index (χ2v) is 8.31. The van der Waals surface area contributed by atoms with E-state index < -0.39 is 35.7 Å². The van der Waals surface area contributed by atoms with Gasteiger partial charge in [-0.3, -0.25) is 19.3 Å². The number of carbonyl (C=O) groups excluding carboxylic acids is 4. The fraction of sp³-hybridized carbons (Fsp3) is 0.238. The Balaban J connectivity index is 1.64. The Hall–Kier alpha value is -3.40. The molecule has 2 N–H and O–H groups in total. The number of hydrogen-bond acceptors (Lipinski definition) is 5. The number of anilines is 1. The molecule has 2 aromatic carbocycles. The summed E-state index contributed by atoms with van der Waals surface area (Å²) in [7, 11) is 3.31. The topological polar surface area (TPSA) is 98.8 Å². The highest BCUT2D eigenvalue weighted by molar-refractivity contribution is 8.13. The smallest absolute Gasteiger partial charge is 0.325 e. The van der Waals surface area contributed by atoms with Gasteiger partial charge >= 0.3 is 6.03 Å². The Kier molecular flexibility index (Phi) is 6.30. The number of benzene rings is 2. The number of urea groups is 1. The van der Waals surface area contributed by atoms with Gasteiger partial charge in [0.25, 0.3) is 11.1 Å². The summed E-state index contributed by atoms with van der Waals surface area (Å²) >= 11 is 1.05. The van der Waals surface area contributed by atoms with E-state index in [1.165, 1.54) is 36.1 Å². The third-order valence-corrected chi connectivity index (χ3v) is 5.75. The van der Waals surface area contributed by atoms with Crippen molar-refractivity contribution in [3.63, 3.8) is 0 Å². The van der Waals surface area contributed by atoms with Crippen molar-refractivity contribution < 1.29 is 23.6 Å². The van der Waals surface area contributed by atoms with Crippen molar-refractivity contribution in [3.8, 4) is 0 Å². The zero-order valence-electron chi connectivity index (χ0n) is 17.1. The number of nitrogens with one attached hydrogen (secondary N) is 2. The maximum atomic E-state index is 13.2. The number of imide groups is 1. The standard InChI is InChI=1S/C21H21FN4O4S/c1-21(13-4-6-14(22)7-5-13)18(28)26(19(29)24-21)12-17(27)23-15-8-10-16(11-9-15)31-20(30)25(2)3/h4-11H,12H2,1-3H3,(H,23,27)(H,24,29). The van der Waals surface area contributed by atoms with Crippen molar-refractivity contribution in [2.45, 2.75) is 17.4 Å². The van der Waals surface area contributed by atoms with Gasteiger partial charge in [-0.2, -0.15) is 0 Å². The van der Waals surface area contributed by atoms with Crippen molar-refractivity contribution >= 4 is 40.5 Å². The Morgan fingerprint density at radius 2 is 1.71 bits per heavy atom. The number of rotatable bonds is 5. The molecule has 31 heavy (non-hydrogen) atoms. The molecule has 162 valence electrons. The molecule has 1 fully saturated rings. The van der Waals surface area contributed by atoms with Crippen molar-refractivity contribution in [3.05, 3.63) is 59.9 Å². The highest BCUT2D eigenvalue weighted by Crippen LogP contribution is 2.29. The van der Waals surface area contributed by atoms with Gasteiger partial charge in [0.1, 0.15) is 17.9 Å². The third-order valence-electron chi connectivity index (χ3n) is 4.71. The first-order valence-corrected chi connectivity index (χ1v) is 10.1. The van der Waals surface area contributed by atoms with Crippen LogP contribution in [0.25, 0.3) is 0 Å². The fourth-order valence-electron chi connectivity index (χ4n) is 2.96. The highest BCUT2D eigenvalue weighted by atomic mass is 32.2. The highest BCUT2D eigenvalue weighted by Gasteiger charge is 2.49. The van der Waals surface area contributed by atoms with Gasteiger partial charge in [-0.1, -0.05) is 12.1 Å². The minimum absolute atomic E-state index is 0.125. The number of hydrogen-bond donors (Lipinski definition) is 2. The molecule has 0 bridgehead atoms. The van der Waals surface area contributed by atoms with Crippen LogP contribution in [0.15, 0.2) is 53.4 Å². The van der Waals surface area contributed by atoms with Crippen LogP contribution in [0.2, 0.25) is 0 Å². The molecule has 1 aliphatic heterocycles. The average molecular weight is 444 g/mol. The molecule has 1 aliphatic rings. The summed E-state index contributed by atoms with van der Waals surface area (Å²) in [6, 6.07) is 11.1. The second-order valence-electron chi connectivity index (χ2n) is 7.29. The minimum atomic E-state index is -1.39. The first-order valence-electron chi connectivity index (χ1n) is 9.29. The van der Waals surface area contributed by atoms with E-state index in [0.29, 0.717) is 16.1 Å². The zero-order valence-corrected chi connectivity index (χ0v) is 18.0. The van der Waals surface area contributed by atoms with Crippen LogP contribution in [-0.2, 0) is 15.1 Å². The lowest BCUT2D eigenvalue weighted by atomic mass is 9.92. The monoisotopic (exact) mass is 444 g/mol. The summed E-state index contributed by atoms with van der Waals surface area (Å²) in [5.41, 5.74) is -0.515. The van der Waals surface area contributed by atoms with E-state index in [2.05, 4.69) is 10.6 Å². The van der Waals surface area contributed by atoms with Gasteiger partial charge in [0, 0.05) is 24.7 Å². The zero-order chi connectivity index (χ0) is 22.8. The number of nitrogens with zero attached hydrogens (tertiary/aromatic N) is 2. The van der Waals surface area contributed by atoms with Crippen molar-refractivity contribution in [2.75, 3.05) is 26.0 Å². The molecule has 1 saturated heterocycles. The Morgan fingerprint density at radius 3 is 2.29 bits per heavy atom. The lowest BCUT2D eigenvalue weighted by molar-refractivity contribution is -0.133. The van der Waals surface area contributed by atoms with Crippen LogP contribution in [0, 0.1) is 5.82 Å². The Morgan fingerprint density at radius 1 is 1.10 bits per heavy atom. The Labute approximate surface area is 182 Å². The van der Waals surface area contributed by atoms with E-state index in [-0.39, 0.29) is 5.24 Å². The van der Waals surface area contributed by atoms with Gasteiger partial charge in [0.05, 0.1) is 0 Å². The summed E-state index contributed by atoms with van der Waals surface area (Å²) in [6.45, 7) is 1.03. The van der Waals surface area contributed by atoms with Crippen molar-refractivity contribution in [1.29, 1.82) is 0 Å². The van der Waals surface area contributed by atoms with Gasteiger partial charge in [-0.25, -0.2) is 9.18 Å². The normalized spacial score (nSPS) is 18.0. The van der Waals surface area contributed by atoms with Gasteiger partial charge in [0.15, 0.2) is 0 Å². The van der Waals surface area contributed by atoms with E-state index in [4.69, 9.17) is 0 Å². The van der Waals surface area contributed by atoms with Crippen molar-refractivity contribution in [2.24, 2.45) is 0 Å². The molecule has 0 aromatic heterocycles. The SMILES string of the molecule is CN(C)C(=O)Sc1ccc(NC(=O)CN2C(=O)NC(C)(c3ccc(F)cc3)C2=O)cc1. The molecule has 8 nitrogen and oxygen atoms in total. The lowest BCUT2D eigenvalue weighted by Crippen LogP contribution is -2.42. The van der Waals surface area contributed by atoms with Crippen LogP contribution in [0.4, 0.5) is 19.7 Å². The second kappa shape index (κ2) is 8.76. The molecule has 0 spiro atoms. The van der Waals surface area contributed by atoms with Crippen LogP contribution < -0.4 is 10.6 Å². The van der Waals surface area contributed by atoms with E-state index in [0.717, 1.165) is 16.7 Å². The predicted octanol–water partition coefficient (Wildman–Crippen LogP) is 3.01. The largest absolute Gasteiger partial charge is 0.339 e. The lowest BCUT2D eigenvalue weighted by Gasteiger charge is -2.22. The number of halogens is 1.